The molecule has 0 atom stereocenters. The summed E-state index contributed by atoms with van der Waals surface area (Å²) in [6.07, 6.45) is 1.30. The predicted octanol–water partition coefficient (Wildman–Crippen LogP) is 0.310. The van der Waals surface area contributed by atoms with Crippen LogP contribution in [0, 0.1) is 0 Å². The maximum Gasteiger partial charge on any atom is 0.240 e. The smallest absolute Gasteiger partial charge is 0.240 e. The van der Waals surface area contributed by atoms with Crippen LogP contribution in [0.4, 0.5) is 5.69 Å². The zero-order valence-electron chi connectivity index (χ0n) is 7.80. The van der Waals surface area contributed by atoms with Crippen LogP contribution in [0.25, 0.3) is 0 Å². The molecule has 0 radical (unpaired) electrons. The van der Waals surface area contributed by atoms with Crippen molar-refractivity contribution in [1.29, 1.82) is 0 Å². The zero-order chi connectivity index (χ0) is 11.5. The highest BCUT2D eigenvalue weighted by atomic mass is 32.2. The number of hydrogen-bond donors (Lipinski definition) is 1. The molecule has 0 aromatic heterocycles. The number of ether oxygens (including phenoxy) is 1. The number of sulfonamides is 1. The lowest BCUT2D eigenvalue weighted by atomic mass is 10.3. The summed E-state index contributed by atoms with van der Waals surface area (Å²) < 4.78 is 26.8. The largest absolute Gasteiger partial charge is 0.494 e. The number of hydrogen-bond acceptors (Lipinski definition) is 5. The van der Waals surface area contributed by atoms with Gasteiger partial charge in [-0.25, -0.2) is 18.4 Å². The van der Waals surface area contributed by atoms with Crippen LogP contribution in [0.5, 0.6) is 5.75 Å². The van der Waals surface area contributed by atoms with Crippen LogP contribution in [0.15, 0.2) is 28.1 Å². The summed E-state index contributed by atoms with van der Waals surface area (Å²) >= 11 is 0. The second-order valence-electron chi connectivity index (χ2n) is 2.58. The number of aliphatic imine (C=N–C) groups is 1. The molecule has 7 heteroatoms. The highest BCUT2D eigenvalue weighted by molar-refractivity contribution is 7.89. The lowest BCUT2D eigenvalue weighted by molar-refractivity contribution is 0.415. The van der Waals surface area contributed by atoms with Crippen molar-refractivity contribution in [2.75, 3.05) is 7.11 Å². The van der Waals surface area contributed by atoms with Crippen LogP contribution in [-0.2, 0) is 14.8 Å². The first kappa shape index (κ1) is 11.4. The fourth-order valence-electron chi connectivity index (χ4n) is 0.983. The second kappa shape index (κ2) is 4.22. The summed E-state index contributed by atoms with van der Waals surface area (Å²) in [4.78, 5) is 13.2. The normalized spacial score (nSPS) is 10.5. The Morgan fingerprint density at radius 1 is 1.47 bits per heavy atom. The van der Waals surface area contributed by atoms with Gasteiger partial charge in [0.25, 0.3) is 0 Å². The molecule has 0 amide bonds. The minimum atomic E-state index is -3.81. The van der Waals surface area contributed by atoms with Gasteiger partial charge in [-0.3, -0.25) is 0 Å². The third-order valence-electron chi connectivity index (χ3n) is 1.64. The maximum atomic E-state index is 11.0. The first-order valence-electron chi connectivity index (χ1n) is 3.77. The Morgan fingerprint density at radius 2 is 2.13 bits per heavy atom. The highest BCUT2D eigenvalue weighted by Crippen LogP contribution is 2.29. The molecule has 0 fully saturated rings. The molecule has 0 aliphatic heterocycles. The van der Waals surface area contributed by atoms with Crippen LogP contribution < -0.4 is 9.88 Å². The van der Waals surface area contributed by atoms with E-state index in [9.17, 15) is 13.2 Å². The Morgan fingerprint density at radius 3 is 2.60 bits per heavy atom. The average Bonchev–Trinajstić information content (AvgIpc) is 2.17. The summed E-state index contributed by atoms with van der Waals surface area (Å²) in [5, 5.41) is 4.90. The monoisotopic (exact) mass is 228 g/mol. The van der Waals surface area contributed by atoms with Crippen molar-refractivity contribution in [1.82, 2.24) is 0 Å². The molecule has 1 rings (SSSR count). The first-order chi connectivity index (χ1) is 6.99. The van der Waals surface area contributed by atoms with Gasteiger partial charge in [-0.1, -0.05) is 0 Å². The Labute approximate surface area is 86.4 Å². The molecule has 15 heavy (non-hydrogen) atoms. The molecular weight excluding hydrogens is 220 g/mol. The van der Waals surface area contributed by atoms with Crippen molar-refractivity contribution in [3.63, 3.8) is 0 Å². The predicted molar refractivity (Wildman–Crippen MR) is 52.1 cm³/mol. The third kappa shape index (κ3) is 2.63. The van der Waals surface area contributed by atoms with Gasteiger partial charge in [0.05, 0.1) is 12.0 Å². The Kier molecular flexibility index (Phi) is 3.21. The standard InChI is InChI=1S/C8H8N2O4S/c1-14-8-3-2-6(15(9,12)13)4-7(8)10-5-11/h2-4H,1H3,(H2,9,12,13). The van der Waals surface area contributed by atoms with E-state index >= 15 is 0 Å². The van der Waals surface area contributed by atoms with Gasteiger partial charge in [-0.05, 0) is 18.2 Å². The van der Waals surface area contributed by atoms with Crippen molar-refractivity contribution in [2.24, 2.45) is 10.1 Å². The Bertz CT molecular complexity index is 517. The lowest BCUT2D eigenvalue weighted by Gasteiger charge is -2.04. The van der Waals surface area contributed by atoms with E-state index in [1.165, 1.54) is 25.3 Å². The van der Waals surface area contributed by atoms with Gasteiger partial charge in [0.15, 0.2) is 0 Å². The van der Waals surface area contributed by atoms with E-state index in [4.69, 9.17) is 9.88 Å². The van der Waals surface area contributed by atoms with Gasteiger partial charge in [-0.15, -0.1) is 0 Å². The second-order valence-corrected chi connectivity index (χ2v) is 4.14. The summed E-state index contributed by atoms with van der Waals surface area (Å²) in [5.41, 5.74) is 0.0685. The lowest BCUT2D eigenvalue weighted by Crippen LogP contribution is -2.11. The molecule has 0 saturated heterocycles. The van der Waals surface area contributed by atoms with Gasteiger partial charge in [0, 0.05) is 0 Å². The molecule has 1 aromatic carbocycles. The van der Waals surface area contributed by atoms with Crippen molar-refractivity contribution in [3.05, 3.63) is 18.2 Å². The molecular formula is C8H8N2O4S. The number of rotatable bonds is 3. The van der Waals surface area contributed by atoms with E-state index in [1.807, 2.05) is 0 Å². The molecule has 0 heterocycles. The van der Waals surface area contributed by atoms with Crippen LogP contribution >= 0.6 is 0 Å². The fourth-order valence-corrected chi connectivity index (χ4v) is 1.52. The molecule has 0 saturated carbocycles. The summed E-state index contributed by atoms with van der Waals surface area (Å²) in [6, 6.07) is 3.76. The van der Waals surface area contributed by atoms with E-state index < -0.39 is 10.0 Å². The van der Waals surface area contributed by atoms with Gasteiger partial charge >= 0.3 is 0 Å². The van der Waals surface area contributed by atoms with E-state index in [-0.39, 0.29) is 16.3 Å². The van der Waals surface area contributed by atoms with Crippen LogP contribution in [0.1, 0.15) is 0 Å². The van der Waals surface area contributed by atoms with Crippen LogP contribution in [0.2, 0.25) is 0 Å². The van der Waals surface area contributed by atoms with E-state index in [1.54, 1.807) is 0 Å². The van der Waals surface area contributed by atoms with Gasteiger partial charge < -0.3 is 4.74 Å². The SMILES string of the molecule is COc1ccc(S(N)(=O)=O)cc1N=C=O. The molecule has 6 nitrogen and oxygen atoms in total. The van der Waals surface area contributed by atoms with Crippen LogP contribution in [-0.4, -0.2) is 21.6 Å². The van der Waals surface area contributed by atoms with Crippen molar-refractivity contribution in [2.45, 2.75) is 4.90 Å². The highest BCUT2D eigenvalue weighted by Gasteiger charge is 2.11. The zero-order valence-corrected chi connectivity index (χ0v) is 8.61. The molecule has 0 bridgehead atoms. The molecule has 2 N–H and O–H groups in total. The number of isocyanates is 1. The number of primary sulfonamides is 1. The van der Waals surface area contributed by atoms with Crippen LogP contribution in [0.3, 0.4) is 0 Å². The number of carbonyl (C=O) groups excluding carboxylic acids is 1. The fraction of sp³-hybridized carbons (Fsp3) is 0.125. The number of nitrogens with zero attached hydrogens (tertiary/aromatic N) is 1. The first-order valence-corrected chi connectivity index (χ1v) is 5.32. The summed E-state index contributed by atoms with van der Waals surface area (Å²) in [6.45, 7) is 0. The summed E-state index contributed by atoms with van der Waals surface area (Å²) in [5.74, 6) is 0.269. The van der Waals surface area contributed by atoms with Crippen molar-refractivity contribution >= 4 is 21.8 Å². The molecule has 0 aliphatic rings. The van der Waals surface area contributed by atoms with Gasteiger partial charge in [0.2, 0.25) is 16.1 Å². The Balaban J connectivity index is 3.41. The minimum Gasteiger partial charge on any atom is -0.494 e. The molecule has 0 spiro atoms. The average molecular weight is 228 g/mol. The summed E-state index contributed by atoms with van der Waals surface area (Å²) in [7, 11) is -2.44. The van der Waals surface area contributed by atoms with Gasteiger partial charge in [0.1, 0.15) is 11.4 Å². The van der Waals surface area contributed by atoms with E-state index in [2.05, 4.69) is 4.99 Å². The Hall–Kier alpha value is -1.69. The molecule has 0 unspecified atom stereocenters. The molecule has 0 aliphatic carbocycles. The third-order valence-corrected chi connectivity index (χ3v) is 2.56. The van der Waals surface area contributed by atoms with Crippen molar-refractivity contribution in [3.8, 4) is 5.75 Å². The number of methoxy groups -OCH3 is 1. The maximum absolute atomic E-state index is 11.0. The number of nitrogens with two attached hydrogens (primary N) is 1. The van der Waals surface area contributed by atoms with E-state index in [0.717, 1.165) is 6.07 Å². The van der Waals surface area contributed by atoms with Gasteiger partial charge in [-0.2, -0.15) is 4.99 Å². The molecule has 80 valence electrons. The quantitative estimate of drug-likeness (QED) is 0.594. The number of benzene rings is 1. The topological polar surface area (TPSA) is 98.8 Å². The molecule has 1 aromatic rings. The van der Waals surface area contributed by atoms with E-state index in [0.29, 0.717) is 0 Å². The van der Waals surface area contributed by atoms with Crippen molar-refractivity contribution < 1.29 is 17.9 Å². The minimum absolute atomic E-state index is 0.0685.